The Labute approximate surface area is 107 Å². The third-order valence-corrected chi connectivity index (χ3v) is 2.76. The minimum atomic E-state index is 0.285. The molecule has 6 heteroatoms. The molecule has 1 aromatic rings. The molecule has 0 bridgehead atoms. The van der Waals surface area contributed by atoms with Gasteiger partial charge < -0.3 is 10.6 Å². The Hall–Kier alpha value is -1.30. The quantitative estimate of drug-likeness (QED) is 0.800. The van der Waals surface area contributed by atoms with E-state index < -0.39 is 0 Å². The number of nitrogens with zero attached hydrogens (tertiary/aromatic N) is 4. The van der Waals surface area contributed by atoms with Crippen LogP contribution in [0.4, 0.5) is 5.95 Å². The SMILES string of the molecule is Cc1nnc(N(CCC(N)=S)C(C)C)nc1C. The smallest absolute Gasteiger partial charge is 0.245 e. The summed E-state index contributed by atoms with van der Waals surface area (Å²) < 4.78 is 0. The molecule has 0 spiro atoms. The molecule has 94 valence electrons. The summed E-state index contributed by atoms with van der Waals surface area (Å²) in [5, 5.41) is 8.21. The second kappa shape index (κ2) is 5.86. The lowest BCUT2D eigenvalue weighted by atomic mass is 10.3. The zero-order valence-corrected chi connectivity index (χ0v) is 11.6. The molecule has 0 atom stereocenters. The van der Waals surface area contributed by atoms with E-state index in [1.165, 1.54) is 0 Å². The van der Waals surface area contributed by atoms with E-state index in [-0.39, 0.29) is 6.04 Å². The van der Waals surface area contributed by atoms with E-state index in [1.54, 1.807) is 0 Å². The summed E-state index contributed by atoms with van der Waals surface area (Å²) in [7, 11) is 0. The zero-order chi connectivity index (χ0) is 13.0. The Bertz CT molecular complexity index is 405. The highest BCUT2D eigenvalue weighted by Crippen LogP contribution is 2.12. The fourth-order valence-electron chi connectivity index (χ4n) is 1.39. The van der Waals surface area contributed by atoms with Crippen molar-refractivity contribution in [2.75, 3.05) is 11.4 Å². The first-order valence-electron chi connectivity index (χ1n) is 5.64. The first kappa shape index (κ1) is 13.8. The van der Waals surface area contributed by atoms with Crippen LogP contribution in [0.1, 0.15) is 31.7 Å². The highest BCUT2D eigenvalue weighted by atomic mass is 32.1. The number of thiocarbonyl (C=S) groups is 1. The summed E-state index contributed by atoms with van der Waals surface area (Å²) >= 11 is 4.89. The Morgan fingerprint density at radius 1 is 1.29 bits per heavy atom. The van der Waals surface area contributed by atoms with Crippen molar-refractivity contribution in [3.63, 3.8) is 0 Å². The van der Waals surface area contributed by atoms with Gasteiger partial charge in [0, 0.05) is 19.0 Å². The molecule has 1 aromatic heterocycles. The van der Waals surface area contributed by atoms with E-state index in [1.807, 2.05) is 13.8 Å². The van der Waals surface area contributed by atoms with Crippen LogP contribution in [-0.2, 0) is 0 Å². The van der Waals surface area contributed by atoms with Crippen molar-refractivity contribution < 1.29 is 0 Å². The van der Waals surface area contributed by atoms with Crippen LogP contribution in [-0.4, -0.2) is 32.8 Å². The molecule has 0 aliphatic rings. The van der Waals surface area contributed by atoms with E-state index in [0.717, 1.165) is 17.9 Å². The van der Waals surface area contributed by atoms with E-state index in [2.05, 4.69) is 33.9 Å². The largest absolute Gasteiger partial charge is 0.393 e. The molecule has 0 aliphatic carbocycles. The molecule has 0 aromatic carbocycles. The summed E-state index contributed by atoms with van der Waals surface area (Å²) in [5.41, 5.74) is 7.27. The first-order valence-corrected chi connectivity index (χ1v) is 6.05. The third kappa shape index (κ3) is 3.89. The number of nitrogens with two attached hydrogens (primary N) is 1. The summed E-state index contributed by atoms with van der Waals surface area (Å²) in [6, 6.07) is 0.285. The summed E-state index contributed by atoms with van der Waals surface area (Å²) in [6.07, 6.45) is 0.657. The third-order valence-electron chi connectivity index (χ3n) is 2.56. The second-order valence-electron chi connectivity index (χ2n) is 4.29. The van der Waals surface area contributed by atoms with Crippen molar-refractivity contribution >= 4 is 23.2 Å². The van der Waals surface area contributed by atoms with Crippen LogP contribution in [0.5, 0.6) is 0 Å². The molecule has 5 nitrogen and oxygen atoms in total. The topological polar surface area (TPSA) is 67.9 Å². The zero-order valence-electron chi connectivity index (χ0n) is 10.8. The van der Waals surface area contributed by atoms with Crippen LogP contribution >= 0.6 is 12.2 Å². The Morgan fingerprint density at radius 2 is 1.94 bits per heavy atom. The number of hydrogen-bond donors (Lipinski definition) is 1. The minimum absolute atomic E-state index is 0.285. The molecular weight excluding hydrogens is 234 g/mol. The van der Waals surface area contributed by atoms with Crippen molar-refractivity contribution in [2.45, 2.75) is 40.2 Å². The fraction of sp³-hybridized carbons (Fsp3) is 0.636. The number of hydrogen-bond acceptors (Lipinski definition) is 5. The van der Waals surface area contributed by atoms with Crippen LogP contribution in [0.25, 0.3) is 0 Å². The summed E-state index contributed by atoms with van der Waals surface area (Å²) in [6.45, 7) is 8.71. The van der Waals surface area contributed by atoms with Gasteiger partial charge in [0.15, 0.2) is 0 Å². The fourth-order valence-corrected chi connectivity index (χ4v) is 1.48. The molecule has 0 saturated carbocycles. The van der Waals surface area contributed by atoms with Gasteiger partial charge in [-0.1, -0.05) is 12.2 Å². The van der Waals surface area contributed by atoms with Gasteiger partial charge in [0.25, 0.3) is 0 Å². The molecule has 1 rings (SSSR count). The van der Waals surface area contributed by atoms with Crippen molar-refractivity contribution in [3.05, 3.63) is 11.4 Å². The lowest BCUT2D eigenvalue weighted by molar-refractivity contribution is 0.656. The van der Waals surface area contributed by atoms with E-state index in [0.29, 0.717) is 17.4 Å². The first-order chi connectivity index (χ1) is 7.91. The number of aromatic nitrogens is 3. The molecule has 0 amide bonds. The van der Waals surface area contributed by atoms with E-state index >= 15 is 0 Å². The Kier molecular flexibility index (Phi) is 4.74. The minimum Gasteiger partial charge on any atom is -0.393 e. The normalized spacial score (nSPS) is 10.6. The van der Waals surface area contributed by atoms with Crippen LogP contribution in [0.3, 0.4) is 0 Å². The van der Waals surface area contributed by atoms with Crippen molar-refractivity contribution in [1.82, 2.24) is 15.2 Å². The average molecular weight is 253 g/mol. The lowest BCUT2D eigenvalue weighted by Gasteiger charge is -2.26. The molecular formula is C11H19N5S. The molecule has 1 heterocycles. The molecule has 0 aliphatic heterocycles. The van der Waals surface area contributed by atoms with Crippen LogP contribution in [0.2, 0.25) is 0 Å². The van der Waals surface area contributed by atoms with Crippen molar-refractivity contribution in [1.29, 1.82) is 0 Å². The van der Waals surface area contributed by atoms with Crippen LogP contribution in [0.15, 0.2) is 0 Å². The van der Waals surface area contributed by atoms with Gasteiger partial charge in [-0.25, -0.2) is 4.98 Å². The predicted molar refractivity (Wildman–Crippen MR) is 73.2 cm³/mol. The number of rotatable bonds is 5. The maximum Gasteiger partial charge on any atom is 0.245 e. The van der Waals surface area contributed by atoms with Crippen LogP contribution < -0.4 is 10.6 Å². The second-order valence-corrected chi connectivity index (χ2v) is 4.81. The monoisotopic (exact) mass is 253 g/mol. The molecule has 0 fully saturated rings. The average Bonchev–Trinajstić information content (AvgIpc) is 2.22. The van der Waals surface area contributed by atoms with Crippen molar-refractivity contribution in [3.8, 4) is 0 Å². The van der Waals surface area contributed by atoms with Gasteiger partial charge in [-0.2, -0.15) is 5.10 Å². The van der Waals surface area contributed by atoms with Gasteiger partial charge in [-0.15, -0.1) is 5.10 Å². The molecule has 0 unspecified atom stereocenters. The lowest BCUT2D eigenvalue weighted by Crippen LogP contribution is -2.35. The predicted octanol–water partition coefficient (Wildman–Crippen LogP) is 1.38. The highest BCUT2D eigenvalue weighted by Gasteiger charge is 2.14. The van der Waals surface area contributed by atoms with Crippen molar-refractivity contribution in [2.24, 2.45) is 5.73 Å². The van der Waals surface area contributed by atoms with Crippen LogP contribution in [0, 0.1) is 13.8 Å². The summed E-state index contributed by atoms with van der Waals surface area (Å²) in [5.74, 6) is 0.638. The molecule has 17 heavy (non-hydrogen) atoms. The van der Waals surface area contributed by atoms with Gasteiger partial charge in [0.05, 0.1) is 16.4 Å². The van der Waals surface area contributed by atoms with Gasteiger partial charge in [-0.05, 0) is 27.7 Å². The molecule has 0 saturated heterocycles. The van der Waals surface area contributed by atoms with E-state index in [9.17, 15) is 0 Å². The number of aryl methyl sites for hydroxylation is 2. The Balaban J connectivity index is 2.89. The molecule has 2 N–H and O–H groups in total. The summed E-state index contributed by atoms with van der Waals surface area (Å²) in [4.78, 5) is 7.00. The maximum atomic E-state index is 5.52. The van der Waals surface area contributed by atoms with Gasteiger partial charge in [0.2, 0.25) is 5.95 Å². The van der Waals surface area contributed by atoms with Gasteiger partial charge >= 0.3 is 0 Å². The number of anilines is 1. The van der Waals surface area contributed by atoms with Gasteiger partial charge in [-0.3, -0.25) is 0 Å². The standard InChI is InChI=1S/C11H19N5S/c1-7(2)16(6-5-10(12)17)11-13-8(3)9(4)14-15-11/h7H,5-6H2,1-4H3,(H2,12,17). The van der Waals surface area contributed by atoms with E-state index in [4.69, 9.17) is 18.0 Å². The highest BCUT2D eigenvalue weighted by molar-refractivity contribution is 7.80. The Morgan fingerprint density at radius 3 is 2.41 bits per heavy atom. The van der Waals surface area contributed by atoms with Gasteiger partial charge in [0.1, 0.15) is 0 Å². The maximum absolute atomic E-state index is 5.52. The molecule has 0 radical (unpaired) electrons.